The van der Waals surface area contributed by atoms with Crippen molar-refractivity contribution in [1.29, 1.82) is 0 Å². The first-order chi connectivity index (χ1) is 8.24. The van der Waals surface area contributed by atoms with E-state index in [0.29, 0.717) is 13.2 Å². The van der Waals surface area contributed by atoms with Gasteiger partial charge >= 0.3 is 0 Å². The van der Waals surface area contributed by atoms with E-state index in [9.17, 15) is 4.89 Å². The van der Waals surface area contributed by atoms with Gasteiger partial charge in [0.25, 0.3) is 0 Å². The third-order valence-electron chi connectivity index (χ3n) is 3.02. The van der Waals surface area contributed by atoms with Crippen LogP contribution in [-0.4, -0.2) is 18.9 Å². The molecule has 2 atom stereocenters. The van der Waals surface area contributed by atoms with Crippen LogP contribution in [0.25, 0.3) is 0 Å². The molecule has 1 saturated heterocycles. The van der Waals surface area contributed by atoms with Gasteiger partial charge in [-0.25, -0.2) is 9.05 Å². The number of hydrogen-bond acceptors (Lipinski definition) is 3. The van der Waals surface area contributed by atoms with E-state index >= 15 is 0 Å². The summed E-state index contributed by atoms with van der Waals surface area (Å²) in [5.41, 5.74) is 1.21. The number of hydrogen-bond donors (Lipinski definition) is 0. The summed E-state index contributed by atoms with van der Waals surface area (Å²) < 4.78 is 10.8. The van der Waals surface area contributed by atoms with Crippen LogP contribution in [-0.2, 0) is 15.5 Å². The van der Waals surface area contributed by atoms with E-state index in [-0.39, 0.29) is 5.66 Å². The first-order valence-corrected chi connectivity index (χ1v) is 7.78. The van der Waals surface area contributed by atoms with Crippen LogP contribution in [0.4, 0.5) is 0 Å². The van der Waals surface area contributed by atoms with Crippen LogP contribution < -0.4 is 4.89 Å². The van der Waals surface area contributed by atoms with E-state index in [2.05, 4.69) is 12.1 Å². The highest BCUT2D eigenvalue weighted by Crippen LogP contribution is 2.61. The summed E-state index contributed by atoms with van der Waals surface area (Å²) in [6.45, 7) is 2.86. The largest absolute Gasteiger partial charge is 0.631 e. The zero-order chi connectivity index (χ0) is 12.1. The van der Waals surface area contributed by atoms with E-state index in [1.807, 2.05) is 25.1 Å². The molecule has 94 valence electrons. The maximum atomic E-state index is 12.5. The fourth-order valence-electron chi connectivity index (χ4n) is 2.20. The molecule has 1 aromatic carbocycles. The van der Waals surface area contributed by atoms with Gasteiger partial charge in [0.05, 0.1) is 13.2 Å². The molecule has 0 N–H and O–H groups in total. The van der Waals surface area contributed by atoms with Crippen molar-refractivity contribution in [2.24, 2.45) is 0 Å². The van der Waals surface area contributed by atoms with Gasteiger partial charge in [-0.2, -0.15) is 0 Å². The predicted octanol–water partition coefficient (Wildman–Crippen LogP) is 2.57. The Kier molecular flexibility index (Phi) is 4.52. The van der Waals surface area contributed by atoms with Gasteiger partial charge < -0.3 is 4.89 Å². The molecule has 0 spiro atoms. The Morgan fingerprint density at radius 1 is 1.41 bits per heavy atom. The van der Waals surface area contributed by atoms with Crippen molar-refractivity contribution in [3.8, 4) is 0 Å². The minimum atomic E-state index is -2.89. The van der Waals surface area contributed by atoms with Gasteiger partial charge in [-0.1, -0.05) is 30.3 Å². The third kappa shape index (κ3) is 3.26. The molecule has 1 heterocycles. The summed E-state index contributed by atoms with van der Waals surface area (Å²) in [5.74, 6) is 0. The summed E-state index contributed by atoms with van der Waals surface area (Å²) in [6, 6.07) is 10.1. The Hall–Kier alpha value is -0.470. The molecule has 1 aliphatic heterocycles. The molecule has 1 fully saturated rings. The molecule has 0 radical (unpaired) electrons. The standard InChI is InChI=1S/C13H19O3P/c1-2-15-17(14)13(9-6-10-16-17)11-12-7-4-3-5-8-12/h3-5,7-8,13H,2,6,9-11H2,1H3/t13-,17?/m1/s1. The van der Waals surface area contributed by atoms with Crippen molar-refractivity contribution < 1.29 is 13.9 Å². The molecule has 17 heavy (non-hydrogen) atoms. The van der Waals surface area contributed by atoms with Crippen LogP contribution >= 0.6 is 7.94 Å². The molecule has 2 rings (SSSR count). The zero-order valence-corrected chi connectivity index (χ0v) is 11.1. The van der Waals surface area contributed by atoms with Crippen LogP contribution in [0.15, 0.2) is 30.3 Å². The summed E-state index contributed by atoms with van der Waals surface area (Å²) >= 11 is 0. The lowest BCUT2D eigenvalue weighted by atomic mass is 10.1. The van der Waals surface area contributed by atoms with Crippen LogP contribution in [0, 0.1) is 0 Å². The SMILES string of the molecule is CCO[P+]1([O-])OCCC[C@@H]1Cc1ccccc1. The quantitative estimate of drug-likeness (QED) is 0.775. The minimum Gasteiger partial charge on any atom is -0.631 e. The summed E-state index contributed by atoms with van der Waals surface area (Å²) in [6.07, 6.45) is 2.67. The maximum absolute atomic E-state index is 12.5. The van der Waals surface area contributed by atoms with Crippen LogP contribution in [0.2, 0.25) is 0 Å². The molecule has 1 unspecified atom stereocenters. The molecule has 0 aromatic heterocycles. The van der Waals surface area contributed by atoms with Crippen molar-refractivity contribution in [2.75, 3.05) is 13.2 Å². The summed E-state index contributed by atoms with van der Waals surface area (Å²) in [5, 5.41) is 0. The number of benzene rings is 1. The molecule has 3 nitrogen and oxygen atoms in total. The van der Waals surface area contributed by atoms with E-state index < -0.39 is 7.94 Å². The van der Waals surface area contributed by atoms with Gasteiger partial charge in [0.1, 0.15) is 5.66 Å². The lowest BCUT2D eigenvalue weighted by molar-refractivity contribution is -0.224. The Morgan fingerprint density at radius 3 is 2.88 bits per heavy atom. The Labute approximate surface area is 103 Å². The second kappa shape index (κ2) is 5.92. The molecule has 0 amide bonds. The van der Waals surface area contributed by atoms with Gasteiger partial charge in [-0.3, -0.25) is 0 Å². The van der Waals surface area contributed by atoms with Gasteiger partial charge in [-0.05, 0) is 25.3 Å². The highest BCUT2D eigenvalue weighted by Gasteiger charge is 2.43. The smallest absolute Gasteiger partial charge is 0.240 e. The first kappa shape index (κ1) is 13.0. The lowest BCUT2D eigenvalue weighted by Gasteiger charge is -2.37. The molecule has 1 aliphatic rings. The topological polar surface area (TPSA) is 41.5 Å². The average molecular weight is 254 g/mol. The third-order valence-corrected chi connectivity index (χ3v) is 5.52. The van der Waals surface area contributed by atoms with E-state index in [1.54, 1.807) is 0 Å². The van der Waals surface area contributed by atoms with Crippen molar-refractivity contribution >= 4 is 7.94 Å². The van der Waals surface area contributed by atoms with Crippen molar-refractivity contribution in [1.82, 2.24) is 0 Å². The highest BCUT2D eigenvalue weighted by molar-refractivity contribution is 7.60. The van der Waals surface area contributed by atoms with Crippen LogP contribution in [0.5, 0.6) is 0 Å². The van der Waals surface area contributed by atoms with Crippen molar-refractivity contribution in [2.45, 2.75) is 31.8 Å². The monoisotopic (exact) mass is 254 g/mol. The Balaban J connectivity index is 2.06. The fraction of sp³-hybridized carbons (Fsp3) is 0.538. The fourth-order valence-corrected chi connectivity index (χ4v) is 4.37. The molecule has 4 heteroatoms. The summed E-state index contributed by atoms with van der Waals surface area (Å²) in [4.78, 5) is 12.5. The molecular formula is C13H19O3P. The summed E-state index contributed by atoms with van der Waals surface area (Å²) in [7, 11) is -2.89. The van der Waals surface area contributed by atoms with Gasteiger partial charge in [0.2, 0.25) is 7.94 Å². The van der Waals surface area contributed by atoms with Crippen LogP contribution in [0.1, 0.15) is 25.3 Å². The minimum absolute atomic E-state index is 0.0126. The van der Waals surface area contributed by atoms with Gasteiger partial charge in [0, 0.05) is 6.42 Å². The second-order valence-corrected chi connectivity index (χ2v) is 6.60. The van der Waals surface area contributed by atoms with Crippen molar-refractivity contribution in [3.63, 3.8) is 0 Å². The first-order valence-electron chi connectivity index (χ1n) is 6.17. The second-order valence-electron chi connectivity index (χ2n) is 4.28. The zero-order valence-electron chi connectivity index (χ0n) is 10.2. The predicted molar refractivity (Wildman–Crippen MR) is 67.7 cm³/mol. The van der Waals surface area contributed by atoms with Gasteiger partial charge in [-0.15, -0.1) is 0 Å². The molecule has 1 aromatic rings. The van der Waals surface area contributed by atoms with E-state index in [1.165, 1.54) is 5.56 Å². The normalized spacial score (nSPS) is 29.2. The molecule has 0 saturated carbocycles. The molecular weight excluding hydrogens is 235 g/mol. The lowest BCUT2D eigenvalue weighted by Crippen LogP contribution is -2.33. The highest BCUT2D eigenvalue weighted by atomic mass is 31.2. The molecule has 0 aliphatic carbocycles. The van der Waals surface area contributed by atoms with Crippen molar-refractivity contribution in [3.05, 3.63) is 35.9 Å². The average Bonchev–Trinajstić information content (AvgIpc) is 2.34. The maximum Gasteiger partial charge on any atom is 0.240 e. The Bertz CT molecular complexity index is 340. The van der Waals surface area contributed by atoms with Crippen LogP contribution in [0.3, 0.4) is 0 Å². The van der Waals surface area contributed by atoms with E-state index in [0.717, 1.165) is 19.3 Å². The number of rotatable bonds is 4. The van der Waals surface area contributed by atoms with E-state index in [4.69, 9.17) is 9.05 Å². The Morgan fingerprint density at radius 2 is 2.18 bits per heavy atom. The molecule has 0 bridgehead atoms. The van der Waals surface area contributed by atoms with Gasteiger partial charge in [0.15, 0.2) is 0 Å².